The van der Waals surface area contributed by atoms with Gasteiger partial charge in [-0.1, -0.05) is 25.7 Å². The van der Waals surface area contributed by atoms with Crippen molar-refractivity contribution in [3.05, 3.63) is 11.6 Å². The first-order valence-corrected chi connectivity index (χ1v) is 10.1. The molecular formula is C18H29N3O3S. The molecule has 2 amide bonds. The van der Waals surface area contributed by atoms with Gasteiger partial charge in [0, 0.05) is 37.8 Å². The average Bonchev–Trinajstić information content (AvgIpc) is 3.29. The molecule has 1 aromatic rings. The molecule has 2 rings (SSSR count). The van der Waals surface area contributed by atoms with Crippen molar-refractivity contribution in [3.63, 3.8) is 0 Å². The van der Waals surface area contributed by atoms with Crippen LogP contribution in [0, 0.1) is 5.92 Å². The highest BCUT2D eigenvalue weighted by atomic mass is 32.1. The van der Waals surface area contributed by atoms with E-state index in [2.05, 4.69) is 10.3 Å². The van der Waals surface area contributed by atoms with Crippen LogP contribution in [0.25, 0.3) is 0 Å². The van der Waals surface area contributed by atoms with Crippen LogP contribution in [0.4, 0.5) is 5.13 Å². The van der Waals surface area contributed by atoms with Crippen molar-refractivity contribution >= 4 is 28.3 Å². The summed E-state index contributed by atoms with van der Waals surface area (Å²) in [6.45, 7) is 3.85. The van der Waals surface area contributed by atoms with Crippen LogP contribution in [0.3, 0.4) is 0 Å². The van der Waals surface area contributed by atoms with Crippen LogP contribution in [0.2, 0.25) is 0 Å². The van der Waals surface area contributed by atoms with Gasteiger partial charge in [0.05, 0.1) is 6.54 Å². The molecule has 1 aliphatic carbocycles. The van der Waals surface area contributed by atoms with Crippen molar-refractivity contribution in [3.8, 4) is 0 Å². The molecule has 0 radical (unpaired) electrons. The third kappa shape index (κ3) is 7.52. The van der Waals surface area contributed by atoms with E-state index in [1.807, 2.05) is 12.3 Å². The highest BCUT2D eigenvalue weighted by Gasteiger charge is 2.21. The summed E-state index contributed by atoms with van der Waals surface area (Å²) in [6, 6.07) is 0. The van der Waals surface area contributed by atoms with Gasteiger partial charge in [-0.15, -0.1) is 11.3 Å². The first-order chi connectivity index (χ1) is 12.2. The zero-order valence-corrected chi connectivity index (χ0v) is 15.9. The number of carbonyl (C=O) groups excluding carboxylic acids is 2. The molecule has 1 aliphatic rings. The van der Waals surface area contributed by atoms with Gasteiger partial charge in [-0.05, 0) is 25.7 Å². The summed E-state index contributed by atoms with van der Waals surface area (Å²) >= 11 is 1.37. The Bertz CT molecular complexity index is 516. The molecule has 1 N–H and O–H groups in total. The fraction of sp³-hybridized carbons (Fsp3) is 0.722. The molecule has 6 nitrogen and oxygen atoms in total. The van der Waals surface area contributed by atoms with Gasteiger partial charge in [0.15, 0.2) is 5.13 Å². The Kier molecular flexibility index (Phi) is 8.90. The van der Waals surface area contributed by atoms with Gasteiger partial charge in [0.25, 0.3) is 0 Å². The second-order valence-corrected chi connectivity index (χ2v) is 7.33. The summed E-state index contributed by atoms with van der Waals surface area (Å²) in [6.07, 6.45) is 8.91. The third-order valence-electron chi connectivity index (χ3n) is 4.53. The van der Waals surface area contributed by atoms with E-state index in [1.54, 1.807) is 11.1 Å². The molecular weight excluding hydrogens is 338 g/mol. The second kappa shape index (κ2) is 11.2. The summed E-state index contributed by atoms with van der Waals surface area (Å²) in [5, 5.41) is 5.12. The number of nitrogens with one attached hydrogen (secondary N) is 1. The fourth-order valence-corrected chi connectivity index (χ4v) is 3.74. The molecule has 0 aromatic carbocycles. The largest absolute Gasteiger partial charge is 0.382 e. The number of thiazole rings is 1. The Morgan fingerprint density at radius 1 is 1.40 bits per heavy atom. The van der Waals surface area contributed by atoms with Gasteiger partial charge in [0.1, 0.15) is 0 Å². The lowest BCUT2D eigenvalue weighted by atomic mass is 10.0. The Balaban J connectivity index is 1.81. The number of hydrogen-bond acceptors (Lipinski definition) is 5. The molecule has 0 unspecified atom stereocenters. The smallest absolute Gasteiger partial charge is 0.245 e. The van der Waals surface area contributed by atoms with Crippen molar-refractivity contribution in [2.24, 2.45) is 5.92 Å². The zero-order chi connectivity index (χ0) is 17.9. The van der Waals surface area contributed by atoms with Gasteiger partial charge in [-0.3, -0.25) is 9.59 Å². The maximum Gasteiger partial charge on any atom is 0.245 e. The SMILES string of the molecule is CCOCCCN(CC(=O)Nc1nccs1)C(=O)CCC1CCCC1. The quantitative estimate of drug-likeness (QED) is 0.609. The van der Waals surface area contributed by atoms with Gasteiger partial charge < -0.3 is 15.0 Å². The summed E-state index contributed by atoms with van der Waals surface area (Å²) in [4.78, 5) is 30.5. The van der Waals surface area contributed by atoms with E-state index in [9.17, 15) is 9.59 Å². The third-order valence-corrected chi connectivity index (χ3v) is 5.22. The van der Waals surface area contributed by atoms with Crippen molar-refractivity contribution in [1.82, 2.24) is 9.88 Å². The number of anilines is 1. The summed E-state index contributed by atoms with van der Waals surface area (Å²) in [5.74, 6) is 0.552. The van der Waals surface area contributed by atoms with Crippen molar-refractivity contribution < 1.29 is 14.3 Å². The monoisotopic (exact) mass is 367 g/mol. The molecule has 0 aliphatic heterocycles. The Labute approximate surface area is 154 Å². The standard InChI is InChI=1S/C18H29N3O3S/c1-2-24-12-5-11-21(14-16(22)20-18-19-10-13-25-18)17(23)9-8-15-6-3-4-7-15/h10,13,15H,2-9,11-12,14H2,1H3,(H,19,20,22). The number of nitrogens with zero attached hydrogens (tertiary/aromatic N) is 2. The van der Waals surface area contributed by atoms with Crippen molar-refractivity contribution in [2.75, 3.05) is 31.6 Å². The van der Waals surface area contributed by atoms with E-state index in [1.165, 1.54) is 37.0 Å². The lowest BCUT2D eigenvalue weighted by Crippen LogP contribution is -2.39. The minimum atomic E-state index is -0.194. The van der Waals surface area contributed by atoms with E-state index in [-0.39, 0.29) is 18.4 Å². The average molecular weight is 368 g/mol. The number of rotatable bonds is 11. The fourth-order valence-electron chi connectivity index (χ4n) is 3.20. The molecule has 1 saturated carbocycles. The van der Waals surface area contributed by atoms with Gasteiger partial charge in [0.2, 0.25) is 11.8 Å². The number of hydrogen-bond donors (Lipinski definition) is 1. The molecule has 0 bridgehead atoms. The molecule has 0 saturated heterocycles. The van der Waals surface area contributed by atoms with E-state index in [4.69, 9.17) is 4.74 Å². The predicted molar refractivity (Wildman–Crippen MR) is 99.6 cm³/mol. The van der Waals surface area contributed by atoms with E-state index < -0.39 is 0 Å². The first-order valence-electron chi connectivity index (χ1n) is 9.24. The topological polar surface area (TPSA) is 71.5 Å². The highest BCUT2D eigenvalue weighted by Crippen LogP contribution is 2.28. The minimum Gasteiger partial charge on any atom is -0.382 e. The highest BCUT2D eigenvalue weighted by molar-refractivity contribution is 7.13. The van der Waals surface area contributed by atoms with E-state index in [0.29, 0.717) is 37.2 Å². The lowest BCUT2D eigenvalue weighted by molar-refractivity contribution is -0.135. The van der Waals surface area contributed by atoms with Crippen LogP contribution in [0.5, 0.6) is 0 Å². The number of ether oxygens (including phenoxy) is 1. The molecule has 0 spiro atoms. The van der Waals surface area contributed by atoms with Gasteiger partial charge in [-0.2, -0.15) is 0 Å². The Hall–Kier alpha value is -1.47. The van der Waals surface area contributed by atoms with Crippen LogP contribution < -0.4 is 5.32 Å². The normalized spacial score (nSPS) is 14.6. The van der Waals surface area contributed by atoms with Crippen LogP contribution >= 0.6 is 11.3 Å². The van der Waals surface area contributed by atoms with E-state index >= 15 is 0 Å². The first kappa shape index (κ1) is 19.8. The molecule has 140 valence electrons. The van der Waals surface area contributed by atoms with Crippen LogP contribution in [0.15, 0.2) is 11.6 Å². The molecule has 25 heavy (non-hydrogen) atoms. The minimum absolute atomic E-state index is 0.0673. The number of carbonyl (C=O) groups is 2. The van der Waals surface area contributed by atoms with Crippen molar-refractivity contribution in [1.29, 1.82) is 0 Å². The van der Waals surface area contributed by atoms with Crippen LogP contribution in [-0.4, -0.2) is 48.0 Å². The predicted octanol–water partition coefficient (Wildman–Crippen LogP) is 3.31. The molecule has 1 fully saturated rings. The molecule has 1 heterocycles. The Morgan fingerprint density at radius 3 is 2.88 bits per heavy atom. The summed E-state index contributed by atoms with van der Waals surface area (Å²) < 4.78 is 5.35. The van der Waals surface area contributed by atoms with Crippen LogP contribution in [0.1, 0.15) is 51.9 Å². The van der Waals surface area contributed by atoms with Gasteiger partial charge >= 0.3 is 0 Å². The summed E-state index contributed by atoms with van der Waals surface area (Å²) in [5.41, 5.74) is 0. The van der Waals surface area contributed by atoms with Crippen LogP contribution in [-0.2, 0) is 14.3 Å². The molecule has 1 aromatic heterocycles. The maximum atomic E-state index is 12.6. The second-order valence-electron chi connectivity index (χ2n) is 6.44. The van der Waals surface area contributed by atoms with Crippen molar-refractivity contribution in [2.45, 2.75) is 51.9 Å². The lowest BCUT2D eigenvalue weighted by Gasteiger charge is -2.22. The Morgan fingerprint density at radius 2 is 2.20 bits per heavy atom. The number of amides is 2. The number of aromatic nitrogens is 1. The summed E-state index contributed by atoms with van der Waals surface area (Å²) in [7, 11) is 0. The van der Waals surface area contributed by atoms with E-state index in [0.717, 1.165) is 12.8 Å². The molecule has 7 heteroatoms. The zero-order valence-electron chi connectivity index (χ0n) is 15.0. The molecule has 0 atom stereocenters. The van der Waals surface area contributed by atoms with Gasteiger partial charge in [-0.25, -0.2) is 4.98 Å². The maximum absolute atomic E-state index is 12.6.